The number of nitrogens with zero attached hydrogens (tertiary/aromatic N) is 2. The molecule has 174 valence electrons. The molecule has 3 atom stereocenters. The molecule has 0 amide bonds. The summed E-state index contributed by atoms with van der Waals surface area (Å²) in [6.45, 7) is 2.10. The molecule has 1 aliphatic carbocycles. The summed E-state index contributed by atoms with van der Waals surface area (Å²) in [4.78, 5) is 4.68. The van der Waals surface area contributed by atoms with Crippen molar-refractivity contribution < 1.29 is 10.2 Å². The molecule has 0 aromatic heterocycles. The number of aliphatic hydroxyl groups is 2. The van der Waals surface area contributed by atoms with Gasteiger partial charge >= 0.3 is 0 Å². The average Bonchev–Trinajstić information content (AvgIpc) is 3.48. The van der Waals surface area contributed by atoms with E-state index in [-0.39, 0.29) is 5.92 Å². The highest BCUT2D eigenvalue weighted by Crippen LogP contribution is 2.32. The van der Waals surface area contributed by atoms with Crippen LogP contribution in [0, 0.1) is 5.92 Å². The van der Waals surface area contributed by atoms with Crippen LogP contribution < -0.4 is 15.5 Å². The summed E-state index contributed by atoms with van der Waals surface area (Å²) < 4.78 is 0. The molecule has 1 aliphatic heterocycles. The maximum Gasteiger partial charge on any atom is 0.150 e. The number of rotatable bonds is 8. The van der Waals surface area contributed by atoms with Gasteiger partial charge in [0.15, 0.2) is 6.23 Å². The van der Waals surface area contributed by atoms with Gasteiger partial charge in [-0.3, -0.25) is 0 Å². The van der Waals surface area contributed by atoms with Crippen LogP contribution in [0.25, 0.3) is 0 Å². The van der Waals surface area contributed by atoms with Gasteiger partial charge in [-0.05, 0) is 69.8 Å². The Morgan fingerprint density at radius 1 is 1.00 bits per heavy atom. The SMILES string of the molecule is CN(C)C1CCN(c2ccc(NC(O)c3ccc(NC(O)C4CCCC4)c(Cl)c3)cc2)C1. The lowest BCUT2D eigenvalue weighted by Gasteiger charge is -2.23. The van der Waals surface area contributed by atoms with Gasteiger partial charge in [-0.2, -0.15) is 0 Å². The number of hydrogen-bond acceptors (Lipinski definition) is 6. The predicted octanol–water partition coefficient (Wildman–Crippen LogP) is 4.50. The smallest absolute Gasteiger partial charge is 0.150 e. The van der Waals surface area contributed by atoms with Crippen LogP contribution in [-0.2, 0) is 0 Å². The van der Waals surface area contributed by atoms with Crippen LogP contribution in [0.2, 0.25) is 5.02 Å². The van der Waals surface area contributed by atoms with E-state index in [2.05, 4.69) is 46.7 Å². The van der Waals surface area contributed by atoms with Gasteiger partial charge in [0.05, 0.1) is 10.7 Å². The fourth-order valence-corrected chi connectivity index (χ4v) is 5.02. The highest BCUT2D eigenvalue weighted by Gasteiger charge is 2.25. The Morgan fingerprint density at radius 2 is 1.72 bits per heavy atom. The van der Waals surface area contributed by atoms with Gasteiger partial charge in [-0.15, -0.1) is 0 Å². The standard InChI is InChI=1S/C25H35ClN4O2/c1-29(2)21-13-14-30(16-21)20-10-8-19(9-11-20)27-25(32)18-7-12-23(22(26)15-18)28-24(31)17-5-3-4-6-17/h7-12,15,17,21,24-25,27-28,31-32H,3-6,13-14,16H2,1-2H3. The lowest BCUT2D eigenvalue weighted by Crippen LogP contribution is -2.31. The summed E-state index contributed by atoms with van der Waals surface area (Å²) in [6, 6.07) is 14.2. The van der Waals surface area contributed by atoms with Crippen molar-refractivity contribution in [2.75, 3.05) is 42.7 Å². The molecule has 1 saturated carbocycles. The molecule has 7 heteroatoms. The third-order valence-corrected chi connectivity index (χ3v) is 7.20. The molecule has 32 heavy (non-hydrogen) atoms. The first-order valence-electron chi connectivity index (χ1n) is 11.6. The predicted molar refractivity (Wildman–Crippen MR) is 132 cm³/mol. The summed E-state index contributed by atoms with van der Waals surface area (Å²) in [5.74, 6) is 0.273. The van der Waals surface area contributed by atoms with Crippen molar-refractivity contribution in [2.24, 2.45) is 5.92 Å². The van der Waals surface area contributed by atoms with E-state index in [9.17, 15) is 10.2 Å². The molecule has 2 aliphatic rings. The van der Waals surface area contributed by atoms with Crippen molar-refractivity contribution in [3.63, 3.8) is 0 Å². The minimum atomic E-state index is -0.878. The van der Waals surface area contributed by atoms with Gasteiger partial charge in [0.25, 0.3) is 0 Å². The van der Waals surface area contributed by atoms with Crippen molar-refractivity contribution >= 4 is 28.7 Å². The Morgan fingerprint density at radius 3 is 2.34 bits per heavy atom. The zero-order chi connectivity index (χ0) is 22.7. The molecule has 4 rings (SSSR count). The maximum atomic E-state index is 10.7. The first-order valence-corrected chi connectivity index (χ1v) is 12.0. The van der Waals surface area contributed by atoms with E-state index >= 15 is 0 Å². The maximum absolute atomic E-state index is 10.7. The van der Waals surface area contributed by atoms with Gasteiger partial charge in [0.2, 0.25) is 0 Å². The van der Waals surface area contributed by atoms with Crippen molar-refractivity contribution in [1.82, 2.24) is 4.90 Å². The second-order valence-corrected chi connectivity index (χ2v) is 9.73. The van der Waals surface area contributed by atoms with E-state index in [0.717, 1.165) is 31.6 Å². The molecule has 1 heterocycles. The van der Waals surface area contributed by atoms with Crippen LogP contribution >= 0.6 is 11.6 Å². The van der Waals surface area contributed by atoms with Gasteiger partial charge in [0.1, 0.15) is 6.23 Å². The number of benzene rings is 2. The number of likely N-dealkylation sites (N-methyl/N-ethyl adjacent to an activating group) is 1. The lowest BCUT2D eigenvalue weighted by molar-refractivity contribution is 0.137. The van der Waals surface area contributed by atoms with E-state index in [0.29, 0.717) is 22.3 Å². The Labute approximate surface area is 196 Å². The van der Waals surface area contributed by atoms with E-state index < -0.39 is 12.5 Å². The van der Waals surface area contributed by atoms with Crippen LogP contribution in [-0.4, -0.2) is 54.6 Å². The number of halogens is 1. The molecule has 2 fully saturated rings. The zero-order valence-corrected chi connectivity index (χ0v) is 19.7. The molecule has 6 nitrogen and oxygen atoms in total. The van der Waals surface area contributed by atoms with Gasteiger partial charge in [0, 0.05) is 42.0 Å². The molecule has 0 spiro atoms. The molecular weight excluding hydrogens is 424 g/mol. The number of aliphatic hydroxyl groups excluding tert-OH is 2. The van der Waals surface area contributed by atoms with Gasteiger partial charge < -0.3 is 30.6 Å². The second-order valence-electron chi connectivity index (χ2n) is 9.32. The fraction of sp³-hybridized carbons (Fsp3) is 0.520. The van der Waals surface area contributed by atoms with Crippen LogP contribution in [0.4, 0.5) is 17.1 Å². The normalized spacial score (nSPS) is 21.2. The highest BCUT2D eigenvalue weighted by atomic mass is 35.5. The highest BCUT2D eigenvalue weighted by molar-refractivity contribution is 6.33. The van der Waals surface area contributed by atoms with Crippen molar-refractivity contribution in [2.45, 2.75) is 50.6 Å². The third-order valence-electron chi connectivity index (χ3n) is 6.89. The molecule has 3 unspecified atom stereocenters. The molecule has 0 radical (unpaired) electrons. The number of nitrogens with one attached hydrogen (secondary N) is 2. The molecule has 0 bridgehead atoms. The Kier molecular flexibility index (Phi) is 7.46. The quantitative estimate of drug-likeness (QED) is 0.436. The van der Waals surface area contributed by atoms with Gasteiger partial charge in [-0.25, -0.2) is 0 Å². The zero-order valence-electron chi connectivity index (χ0n) is 19.0. The fourth-order valence-electron chi connectivity index (χ4n) is 4.78. The number of anilines is 3. The summed E-state index contributed by atoms with van der Waals surface area (Å²) in [7, 11) is 4.27. The lowest BCUT2D eigenvalue weighted by atomic mass is 10.1. The molecule has 2 aromatic rings. The summed E-state index contributed by atoms with van der Waals surface area (Å²) >= 11 is 6.43. The van der Waals surface area contributed by atoms with E-state index in [1.54, 1.807) is 6.07 Å². The van der Waals surface area contributed by atoms with E-state index in [4.69, 9.17) is 11.6 Å². The Hall–Kier alpha value is -1.99. The third kappa shape index (κ3) is 5.49. The first-order chi connectivity index (χ1) is 15.4. The Balaban J connectivity index is 1.34. The van der Waals surface area contributed by atoms with Crippen LogP contribution in [0.5, 0.6) is 0 Å². The van der Waals surface area contributed by atoms with E-state index in [1.807, 2.05) is 24.3 Å². The van der Waals surface area contributed by atoms with Crippen molar-refractivity contribution in [3.8, 4) is 0 Å². The molecule has 1 saturated heterocycles. The van der Waals surface area contributed by atoms with Crippen LogP contribution in [0.1, 0.15) is 43.9 Å². The van der Waals surface area contributed by atoms with Gasteiger partial charge in [-0.1, -0.05) is 30.5 Å². The van der Waals surface area contributed by atoms with Crippen molar-refractivity contribution in [3.05, 3.63) is 53.1 Å². The minimum Gasteiger partial charge on any atom is -0.374 e. The van der Waals surface area contributed by atoms with Crippen LogP contribution in [0.3, 0.4) is 0 Å². The molecule has 4 N–H and O–H groups in total. The molecular formula is C25H35ClN4O2. The largest absolute Gasteiger partial charge is 0.374 e. The molecule has 2 aromatic carbocycles. The second kappa shape index (κ2) is 10.3. The topological polar surface area (TPSA) is 71.0 Å². The summed E-state index contributed by atoms with van der Waals surface area (Å²) in [5, 5.41) is 27.8. The average molecular weight is 459 g/mol. The van der Waals surface area contributed by atoms with Crippen molar-refractivity contribution in [1.29, 1.82) is 0 Å². The minimum absolute atomic E-state index is 0.273. The Bertz CT molecular complexity index is 886. The summed E-state index contributed by atoms with van der Waals surface area (Å²) in [5.41, 5.74) is 3.41. The monoisotopic (exact) mass is 458 g/mol. The van der Waals surface area contributed by atoms with Crippen LogP contribution in [0.15, 0.2) is 42.5 Å². The van der Waals surface area contributed by atoms with E-state index in [1.165, 1.54) is 24.9 Å². The number of hydrogen-bond donors (Lipinski definition) is 4. The summed E-state index contributed by atoms with van der Waals surface area (Å²) in [6.07, 6.45) is 4.13. The first kappa shape index (κ1) is 23.2.